The number of carbonyl (C=O) groups excluding carboxylic acids is 2. The van der Waals surface area contributed by atoms with Crippen molar-refractivity contribution in [3.63, 3.8) is 0 Å². The van der Waals surface area contributed by atoms with Gasteiger partial charge in [-0.15, -0.1) is 0 Å². The van der Waals surface area contributed by atoms with Crippen LogP contribution >= 0.6 is 0 Å². The van der Waals surface area contributed by atoms with E-state index in [1.807, 2.05) is 0 Å². The number of carboxylic acids is 1. The molecule has 0 aromatic heterocycles. The van der Waals surface area contributed by atoms with Gasteiger partial charge in [-0.1, -0.05) is 0 Å². The van der Waals surface area contributed by atoms with E-state index in [-0.39, 0.29) is 12.3 Å². The lowest BCUT2D eigenvalue weighted by Crippen LogP contribution is -2.37. The smallest absolute Gasteiger partial charge is 0.321 e. The van der Waals surface area contributed by atoms with Gasteiger partial charge in [0.2, 0.25) is 11.8 Å². The fourth-order valence-corrected chi connectivity index (χ4v) is 0.940. The van der Waals surface area contributed by atoms with Crippen LogP contribution in [0.25, 0.3) is 0 Å². The first kappa shape index (κ1) is 14.4. The molecule has 7 heteroatoms. The highest BCUT2D eigenvalue weighted by atomic mass is 16.4. The number of hydrogen-bond acceptors (Lipinski definition) is 4. The van der Waals surface area contributed by atoms with Crippen molar-refractivity contribution in [3.8, 4) is 0 Å². The van der Waals surface area contributed by atoms with Gasteiger partial charge in [-0.3, -0.25) is 14.4 Å². The topological polar surface area (TPSA) is 122 Å². The molecule has 0 aliphatic rings. The largest absolute Gasteiger partial charge is 0.480 e. The normalized spacial score (nSPS) is 11.6. The molecular formula is C9H17N3O4. The number of rotatable bonds is 7. The molecule has 0 aromatic rings. The molecule has 0 aliphatic heterocycles. The molecule has 92 valence electrons. The molecule has 5 N–H and O–H groups in total. The van der Waals surface area contributed by atoms with Crippen LogP contribution in [0, 0.1) is 0 Å². The fraction of sp³-hybridized carbons (Fsp3) is 0.667. The summed E-state index contributed by atoms with van der Waals surface area (Å²) in [6.07, 6.45) is 0.350. The Kier molecular flexibility index (Phi) is 6.86. The monoisotopic (exact) mass is 231 g/mol. The first-order valence-corrected chi connectivity index (χ1v) is 4.93. The molecule has 0 aromatic carbocycles. The molecule has 0 bridgehead atoms. The standard InChI is InChI=1S/C9H17N3O4/c1-6(13)11-3-2-4-12-8(14)5-7(10)9(15)16/h7H,2-5,10H2,1H3,(H,11,13)(H,12,14)(H,15,16)/t7-/m0/s1. The Bertz CT molecular complexity index is 267. The third-order valence-electron chi connectivity index (χ3n) is 1.77. The second-order valence-corrected chi connectivity index (χ2v) is 3.34. The molecule has 7 nitrogen and oxygen atoms in total. The molecule has 0 saturated carbocycles. The van der Waals surface area contributed by atoms with E-state index in [9.17, 15) is 14.4 Å². The van der Waals surface area contributed by atoms with E-state index in [4.69, 9.17) is 10.8 Å². The summed E-state index contributed by atoms with van der Waals surface area (Å²) in [5.41, 5.74) is 5.17. The zero-order valence-corrected chi connectivity index (χ0v) is 9.16. The highest BCUT2D eigenvalue weighted by Gasteiger charge is 2.15. The lowest BCUT2D eigenvalue weighted by molar-refractivity contribution is -0.140. The predicted molar refractivity (Wildman–Crippen MR) is 56.5 cm³/mol. The van der Waals surface area contributed by atoms with E-state index < -0.39 is 17.9 Å². The highest BCUT2D eigenvalue weighted by molar-refractivity contribution is 5.84. The molecule has 0 spiro atoms. The van der Waals surface area contributed by atoms with E-state index >= 15 is 0 Å². The Morgan fingerprint density at radius 2 is 1.81 bits per heavy atom. The van der Waals surface area contributed by atoms with Gasteiger partial charge in [0.1, 0.15) is 6.04 Å². The minimum atomic E-state index is -1.20. The van der Waals surface area contributed by atoms with E-state index in [2.05, 4.69) is 10.6 Å². The van der Waals surface area contributed by atoms with Crippen LogP contribution in [0.2, 0.25) is 0 Å². The van der Waals surface area contributed by atoms with Gasteiger partial charge in [0.05, 0.1) is 6.42 Å². The number of carboxylic acid groups (broad SMARTS) is 1. The predicted octanol–water partition coefficient (Wildman–Crippen LogP) is -1.57. The third-order valence-corrected chi connectivity index (χ3v) is 1.77. The van der Waals surface area contributed by atoms with Crippen molar-refractivity contribution in [3.05, 3.63) is 0 Å². The molecule has 0 unspecified atom stereocenters. The van der Waals surface area contributed by atoms with Gasteiger partial charge in [-0.2, -0.15) is 0 Å². The van der Waals surface area contributed by atoms with E-state index in [0.717, 1.165) is 0 Å². The van der Waals surface area contributed by atoms with Crippen LogP contribution in [0.3, 0.4) is 0 Å². The summed E-state index contributed by atoms with van der Waals surface area (Å²) in [7, 11) is 0. The molecule has 0 rings (SSSR count). The van der Waals surface area contributed by atoms with Gasteiger partial charge >= 0.3 is 5.97 Å². The van der Waals surface area contributed by atoms with Crippen molar-refractivity contribution < 1.29 is 19.5 Å². The number of nitrogens with one attached hydrogen (secondary N) is 2. The van der Waals surface area contributed by atoms with Crippen molar-refractivity contribution in [1.29, 1.82) is 0 Å². The maximum atomic E-state index is 11.1. The lowest BCUT2D eigenvalue weighted by atomic mass is 10.2. The SMILES string of the molecule is CC(=O)NCCCNC(=O)C[C@H](N)C(=O)O. The van der Waals surface area contributed by atoms with Gasteiger partial charge in [0.15, 0.2) is 0 Å². The molecule has 16 heavy (non-hydrogen) atoms. The van der Waals surface area contributed by atoms with Crippen molar-refractivity contribution in [2.45, 2.75) is 25.8 Å². The lowest BCUT2D eigenvalue weighted by Gasteiger charge is -2.07. The van der Waals surface area contributed by atoms with Crippen LogP contribution in [-0.4, -0.2) is 42.0 Å². The number of amides is 2. The Balaban J connectivity index is 3.51. The summed E-state index contributed by atoms with van der Waals surface area (Å²) in [5, 5.41) is 13.5. The van der Waals surface area contributed by atoms with Gasteiger partial charge in [-0.25, -0.2) is 0 Å². The average Bonchev–Trinajstić information content (AvgIpc) is 2.16. The van der Waals surface area contributed by atoms with Crippen LogP contribution in [0.5, 0.6) is 0 Å². The van der Waals surface area contributed by atoms with E-state index in [0.29, 0.717) is 19.5 Å². The van der Waals surface area contributed by atoms with Crippen molar-refractivity contribution in [1.82, 2.24) is 10.6 Å². The second kappa shape index (κ2) is 7.63. The summed E-state index contributed by atoms with van der Waals surface area (Å²) in [4.78, 5) is 31.9. The highest BCUT2D eigenvalue weighted by Crippen LogP contribution is 1.88. The number of nitrogens with two attached hydrogens (primary N) is 1. The molecule has 1 atom stereocenters. The zero-order chi connectivity index (χ0) is 12.6. The van der Waals surface area contributed by atoms with Crippen LogP contribution < -0.4 is 16.4 Å². The van der Waals surface area contributed by atoms with E-state index in [1.54, 1.807) is 0 Å². The quantitative estimate of drug-likeness (QED) is 0.394. The summed E-state index contributed by atoms with van der Waals surface area (Å²) in [6.45, 7) is 2.26. The molecular weight excluding hydrogens is 214 g/mol. The Labute approximate surface area is 93.4 Å². The van der Waals surface area contributed by atoms with Crippen molar-refractivity contribution in [2.24, 2.45) is 5.73 Å². The van der Waals surface area contributed by atoms with E-state index in [1.165, 1.54) is 6.92 Å². The molecule has 0 fully saturated rings. The zero-order valence-electron chi connectivity index (χ0n) is 9.16. The minimum absolute atomic E-state index is 0.126. The van der Waals surface area contributed by atoms with Crippen LogP contribution in [0.15, 0.2) is 0 Å². The molecule has 0 heterocycles. The number of hydrogen-bond donors (Lipinski definition) is 4. The average molecular weight is 231 g/mol. The van der Waals surface area contributed by atoms with Crippen LogP contribution in [0.4, 0.5) is 0 Å². The van der Waals surface area contributed by atoms with Crippen molar-refractivity contribution in [2.75, 3.05) is 13.1 Å². The van der Waals surface area contributed by atoms with Gasteiger partial charge in [0.25, 0.3) is 0 Å². The Hall–Kier alpha value is -1.63. The first-order valence-electron chi connectivity index (χ1n) is 4.93. The van der Waals surface area contributed by atoms with Crippen LogP contribution in [0.1, 0.15) is 19.8 Å². The van der Waals surface area contributed by atoms with Gasteiger partial charge < -0.3 is 21.5 Å². The summed E-state index contributed by atoms with van der Waals surface area (Å²) < 4.78 is 0. The third kappa shape index (κ3) is 7.74. The van der Waals surface area contributed by atoms with Gasteiger partial charge in [-0.05, 0) is 6.42 Å². The summed E-state index contributed by atoms with van der Waals surface area (Å²) >= 11 is 0. The number of aliphatic carboxylic acids is 1. The first-order chi connectivity index (χ1) is 7.43. The van der Waals surface area contributed by atoms with Gasteiger partial charge in [0, 0.05) is 20.0 Å². The molecule has 0 saturated heterocycles. The molecule has 0 radical (unpaired) electrons. The summed E-state index contributed by atoms with van der Waals surface area (Å²) in [5.74, 6) is -1.73. The molecule has 0 aliphatic carbocycles. The minimum Gasteiger partial charge on any atom is -0.480 e. The van der Waals surface area contributed by atoms with Crippen LogP contribution in [-0.2, 0) is 14.4 Å². The number of carbonyl (C=O) groups is 3. The molecule has 2 amide bonds. The second-order valence-electron chi connectivity index (χ2n) is 3.34. The maximum absolute atomic E-state index is 11.1. The Morgan fingerprint density at radius 3 is 2.31 bits per heavy atom. The fourth-order valence-electron chi connectivity index (χ4n) is 0.940. The Morgan fingerprint density at radius 1 is 1.25 bits per heavy atom. The summed E-state index contributed by atoms with van der Waals surface area (Å²) in [6, 6.07) is -1.17. The van der Waals surface area contributed by atoms with Crippen molar-refractivity contribution >= 4 is 17.8 Å². The maximum Gasteiger partial charge on any atom is 0.321 e.